The van der Waals surface area contributed by atoms with Gasteiger partial charge in [-0.1, -0.05) is 0 Å². The highest BCUT2D eigenvalue weighted by Gasteiger charge is 2.27. The lowest BCUT2D eigenvalue weighted by molar-refractivity contribution is 0.0714. The predicted molar refractivity (Wildman–Crippen MR) is 80.0 cm³/mol. The molecule has 1 saturated heterocycles. The first-order valence-electron chi connectivity index (χ1n) is 6.49. The molecule has 1 aliphatic heterocycles. The van der Waals surface area contributed by atoms with Crippen LogP contribution >= 0.6 is 12.4 Å². The van der Waals surface area contributed by atoms with Gasteiger partial charge in [0.2, 0.25) is 9.84 Å². The molecule has 1 aromatic carbocycles. The third-order valence-electron chi connectivity index (χ3n) is 3.49. The molecule has 5 nitrogen and oxygen atoms in total. The number of nitrogens with two attached hydrogens (primary N) is 1. The molecule has 2 N–H and O–H groups in total. The summed E-state index contributed by atoms with van der Waals surface area (Å²) in [7, 11) is -4.63. The van der Waals surface area contributed by atoms with Crippen LogP contribution in [0.5, 0.6) is 0 Å². The molecule has 0 saturated carbocycles. The topological polar surface area (TPSA) is 80.5 Å². The van der Waals surface area contributed by atoms with E-state index in [1.807, 2.05) is 0 Å². The number of hydrogen-bond acceptors (Lipinski definition) is 4. The number of carbonyl (C=O) groups excluding carboxylic acids is 1. The Bertz CT molecular complexity index is 615. The van der Waals surface area contributed by atoms with Crippen molar-refractivity contribution >= 4 is 28.2 Å². The molecule has 1 aromatic rings. The molecular formula is C13H17ClF2N2O3S. The molecule has 9 heteroatoms. The Morgan fingerprint density at radius 1 is 1.18 bits per heavy atom. The smallest absolute Gasteiger partial charge is 0.339 e. The zero-order valence-corrected chi connectivity index (χ0v) is 13.2. The first kappa shape index (κ1) is 18.8. The molecule has 0 radical (unpaired) electrons. The average Bonchev–Trinajstić information content (AvgIpc) is 2.47. The Labute approximate surface area is 133 Å². The fraction of sp³-hybridized carbons (Fsp3) is 0.462. The fourth-order valence-electron chi connectivity index (χ4n) is 2.18. The van der Waals surface area contributed by atoms with Gasteiger partial charge in [0.05, 0.1) is 4.90 Å². The monoisotopic (exact) mass is 354 g/mol. The van der Waals surface area contributed by atoms with Crippen LogP contribution in [0, 0.1) is 0 Å². The van der Waals surface area contributed by atoms with Gasteiger partial charge in [0, 0.05) is 24.7 Å². The Morgan fingerprint density at radius 2 is 1.68 bits per heavy atom. The number of halogens is 3. The van der Waals surface area contributed by atoms with E-state index in [4.69, 9.17) is 5.73 Å². The number of alkyl halides is 2. The number of carbonyl (C=O) groups is 1. The number of hydrogen-bond donors (Lipinski definition) is 1. The highest BCUT2D eigenvalue weighted by atomic mass is 35.5. The van der Waals surface area contributed by atoms with Gasteiger partial charge in [0.15, 0.2) is 0 Å². The van der Waals surface area contributed by atoms with Crippen LogP contribution in [0.25, 0.3) is 0 Å². The van der Waals surface area contributed by atoms with Crippen LogP contribution in [0.3, 0.4) is 0 Å². The summed E-state index contributed by atoms with van der Waals surface area (Å²) in [4.78, 5) is 13.3. The zero-order chi connectivity index (χ0) is 15.6. The van der Waals surface area contributed by atoms with Gasteiger partial charge in [0.25, 0.3) is 5.91 Å². The first-order valence-corrected chi connectivity index (χ1v) is 8.04. The molecule has 2 rings (SSSR count). The van der Waals surface area contributed by atoms with E-state index < -0.39 is 20.5 Å². The van der Waals surface area contributed by atoms with Crippen LogP contribution in [0.2, 0.25) is 0 Å². The SMILES string of the molecule is Cl.NC1CCN(C(=O)c2ccc(S(=O)(=O)C(F)F)cc2)CC1. The molecule has 0 atom stereocenters. The standard InChI is InChI=1S/C13H16F2N2O3S.ClH/c14-13(15)21(19,20)11-3-1-9(2-4-11)12(18)17-7-5-10(16)6-8-17;/h1-4,10,13H,5-8,16H2;1H. The van der Waals surface area contributed by atoms with Crippen molar-refractivity contribution in [1.82, 2.24) is 4.90 Å². The maximum absolute atomic E-state index is 12.4. The number of sulfone groups is 1. The van der Waals surface area contributed by atoms with Gasteiger partial charge < -0.3 is 10.6 Å². The van der Waals surface area contributed by atoms with E-state index in [1.165, 1.54) is 12.1 Å². The van der Waals surface area contributed by atoms with Crippen molar-refractivity contribution in [2.24, 2.45) is 5.73 Å². The normalized spacial score (nSPS) is 16.5. The minimum absolute atomic E-state index is 0. The zero-order valence-electron chi connectivity index (χ0n) is 11.6. The number of nitrogens with zero attached hydrogens (tertiary/aromatic N) is 1. The Balaban J connectivity index is 0.00000242. The van der Waals surface area contributed by atoms with Crippen LogP contribution < -0.4 is 5.73 Å². The van der Waals surface area contributed by atoms with Crippen LogP contribution in [-0.4, -0.2) is 44.1 Å². The molecule has 0 bridgehead atoms. The largest absolute Gasteiger partial charge is 0.341 e. The Morgan fingerprint density at radius 3 is 2.14 bits per heavy atom. The van der Waals surface area contributed by atoms with Gasteiger partial charge in [-0.2, -0.15) is 8.78 Å². The van der Waals surface area contributed by atoms with Crippen molar-refractivity contribution in [1.29, 1.82) is 0 Å². The number of amides is 1. The van der Waals surface area contributed by atoms with E-state index in [9.17, 15) is 22.0 Å². The number of rotatable bonds is 3. The minimum Gasteiger partial charge on any atom is -0.339 e. The van der Waals surface area contributed by atoms with E-state index in [-0.39, 0.29) is 29.9 Å². The molecule has 1 fully saturated rings. The second kappa shape index (κ2) is 7.34. The summed E-state index contributed by atoms with van der Waals surface area (Å²) in [6, 6.07) is 4.67. The second-order valence-electron chi connectivity index (χ2n) is 4.96. The lowest BCUT2D eigenvalue weighted by Crippen LogP contribution is -2.42. The molecule has 1 aliphatic rings. The average molecular weight is 355 g/mol. The summed E-state index contributed by atoms with van der Waals surface area (Å²) in [5.74, 6) is -3.72. The molecule has 0 aromatic heterocycles. The lowest BCUT2D eigenvalue weighted by atomic mass is 10.1. The Hall–Kier alpha value is -1.25. The number of piperidine rings is 1. The molecule has 0 aliphatic carbocycles. The van der Waals surface area contributed by atoms with Gasteiger partial charge in [-0.05, 0) is 37.1 Å². The number of benzene rings is 1. The van der Waals surface area contributed by atoms with Crippen molar-refractivity contribution in [2.45, 2.75) is 29.5 Å². The fourth-order valence-corrected chi connectivity index (χ4v) is 2.90. The summed E-state index contributed by atoms with van der Waals surface area (Å²) in [5.41, 5.74) is 6.03. The molecule has 0 spiro atoms. The van der Waals surface area contributed by atoms with Crippen LogP contribution in [0.15, 0.2) is 29.2 Å². The summed E-state index contributed by atoms with van der Waals surface area (Å²) in [6.07, 6.45) is 1.42. The van der Waals surface area contributed by atoms with Crippen LogP contribution in [0.1, 0.15) is 23.2 Å². The quantitative estimate of drug-likeness (QED) is 0.895. The molecule has 1 amide bonds. The van der Waals surface area contributed by atoms with Crippen molar-refractivity contribution in [2.75, 3.05) is 13.1 Å². The van der Waals surface area contributed by atoms with E-state index >= 15 is 0 Å². The van der Waals surface area contributed by atoms with E-state index in [1.54, 1.807) is 4.90 Å². The highest BCUT2D eigenvalue weighted by molar-refractivity contribution is 7.91. The van der Waals surface area contributed by atoms with Crippen molar-refractivity contribution in [3.05, 3.63) is 29.8 Å². The van der Waals surface area contributed by atoms with Gasteiger partial charge in [-0.15, -0.1) is 12.4 Å². The summed E-state index contributed by atoms with van der Waals surface area (Å²) < 4.78 is 47.4. The Kier molecular flexibility index (Phi) is 6.27. The molecule has 0 unspecified atom stereocenters. The van der Waals surface area contributed by atoms with Gasteiger partial charge >= 0.3 is 5.76 Å². The summed E-state index contributed by atoms with van der Waals surface area (Å²) in [5, 5.41) is 0. The van der Waals surface area contributed by atoms with Crippen molar-refractivity contribution < 1.29 is 22.0 Å². The van der Waals surface area contributed by atoms with E-state index in [0.717, 1.165) is 12.1 Å². The van der Waals surface area contributed by atoms with E-state index in [0.29, 0.717) is 25.9 Å². The molecular weight excluding hydrogens is 338 g/mol. The third-order valence-corrected chi connectivity index (χ3v) is 4.89. The summed E-state index contributed by atoms with van der Waals surface area (Å²) >= 11 is 0. The maximum Gasteiger partial charge on any atom is 0.341 e. The maximum atomic E-state index is 12.4. The predicted octanol–water partition coefficient (Wildman–Crippen LogP) is 1.67. The highest BCUT2D eigenvalue weighted by Crippen LogP contribution is 2.20. The summed E-state index contributed by atoms with van der Waals surface area (Å²) in [6.45, 7) is 1.08. The van der Waals surface area contributed by atoms with Gasteiger partial charge in [-0.3, -0.25) is 4.79 Å². The molecule has 1 heterocycles. The number of likely N-dealkylation sites (tertiary alicyclic amines) is 1. The molecule has 22 heavy (non-hydrogen) atoms. The third kappa shape index (κ3) is 3.93. The van der Waals surface area contributed by atoms with Crippen molar-refractivity contribution in [3.8, 4) is 0 Å². The minimum atomic E-state index is -4.63. The van der Waals surface area contributed by atoms with Gasteiger partial charge in [0.1, 0.15) is 0 Å². The lowest BCUT2D eigenvalue weighted by Gasteiger charge is -2.30. The van der Waals surface area contributed by atoms with E-state index in [2.05, 4.69) is 0 Å². The second-order valence-corrected chi connectivity index (χ2v) is 6.88. The van der Waals surface area contributed by atoms with Crippen molar-refractivity contribution in [3.63, 3.8) is 0 Å². The van der Waals surface area contributed by atoms with Crippen LogP contribution in [0.4, 0.5) is 8.78 Å². The van der Waals surface area contributed by atoms with Crippen LogP contribution in [-0.2, 0) is 9.84 Å². The first-order chi connectivity index (χ1) is 9.82. The molecule has 124 valence electrons. The van der Waals surface area contributed by atoms with Gasteiger partial charge in [-0.25, -0.2) is 8.42 Å².